The van der Waals surface area contributed by atoms with Crippen LogP contribution in [0.2, 0.25) is 14.8 Å². The van der Waals surface area contributed by atoms with Gasteiger partial charge in [-0.2, -0.15) is 0 Å². The van der Waals surface area contributed by atoms with Gasteiger partial charge in [-0.05, 0) is 0 Å². The molecule has 5 heteroatoms. The fourth-order valence-electron chi connectivity index (χ4n) is 3.57. The monoisotopic (exact) mass is 537 g/mol. The predicted octanol–water partition coefficient (Wildman–Crippen LogP) is 6.22. The van der Waals surface area contributed by atoms with E-state index >= 15 is 0 Å². The second-order valence-electron chi connectivity index (χ2n) is 9.85. The van der Waals surface area contributed by atoms with Crippen molar-refractivity contribution in [3.63, 3.8) is 0 Å². The molecule has 0 saturated heterocycles. The Morgan fingerprint density at radius 2 is 1.44 bits per heavy atom. The SMILES string of the molecule is CC(C)(C)OC(=O)n1cc(/C=C/c2ccccc2)c(C(=O)c2ccccc2)[c]1[Sn]([CH3])([CH3])[CH3]. The molecule has 0 fully saturated rings. The van der Waals surface area contributed by atoms with E-state index in [0.717, 1.165) is 14.8 Å². The number of ketones is 1. The van der Waals surface area contributed by atoms with Crippen LogP contribution < -0.4 is 3.71 Å². The first-order chi connectivity index (χ1) is 15.0. The van der Waals surface area contributed by atoms with Crippen molar-refractivity contribution >= 4 is 46.1 Å². The van der Waals surface area contributed by atoms with Crippen LogP contribution in [0.5, 0.6) is 0 Å². The van der Waals surface area contributed by atoms with Crippen LogP contribution in [0.15, 0.2) is 66.9 Å². The van der Waals surface area contributed by atoms with Gasteiger partial charge < -0.3 is 0 Å². The minimum atomic E-state index is -2.99. The second-order valence-corrected chi connectivity index (χ2v) is 24.0. The van der Waals surface area contributed by atoms with Gasteiger partial charge in [0.2, 0.25) is 0 Å². The summed E-state index contributed by atoms with van der Waals surface area (Å²) in [6.07, 6.45) is 5.22. The fourth-order valence-corrected chi connectivity index (χ4v) is 8.95. The van der Waals surface area contributed by atoms with Crippen LogP contribution in [0.25, 0.3) is 12.2 Å². The first kappa shape index (κ1) is 24.0. The zero-order chi connectivity index (χ0) is 23.5. The summed E-state index contributed by atoms with van der Waals surface area (Å²) in [5, 5.41) is 0. The Morgan fingerprint density at radius 3 is 1.97 bits per heavy atom. The Morgan fingerprint density at radius 1 is 0.875 bits per heavy atom. The van der Waals surface area contributed by atoms with Gasteiger partial charge >= 0.3 is 195 Å². The average molecular weight is 536 g/mol. The third-order valence-electron chi connectivity index (χ3n) is 4.85. The van der Waals surface area contributed by atoms with Crippen molar-refractivity contribution in [3.05, 3.63) is 89.1 Å². The number of aromatic nitrogens is 1. The molecular formula is C27H31NO3Sn. The summed E-state index contributed by atoms with van der Waals surface area (Å²) < 4.78 is 8.13. The molecule has 2 aromatic carbocycles. The number of carbonyl (C=O) groups excluding carboxylic acids is 2. The van der Waals surface area contributed by atoms with E-state index in [0.29, 0.717) is 11.1 Å². The molecule has 3 aromatic rings. The normalized spacial score (nSPS) is 12.2. The van der Waals surface area contributed by atoms with E-state index in [1.807, 2.05) is 93.6 Å². The third-order valence-corrected chi connectivity index (χ3v) is 10.3. The summed E-state index contributed by atoms with van der Waals surface area (Å²) in [5.74, 6) is -0.0674. The molecule has 4 nitrogen and oxygen atoms in total. The van der Waals surface area contributed by atoms with E-state index in [1.165, 1.54) is 0 Å². The quantitative estimate of drug-likeness (QED) is 0.288. The number of hydrogen-bond acceptors (Lipinski definition) is 3. The molecule has 0 aliphatic heterocycles. The Kier molecular flexibility index (Phi) is 7.13. The Hall–Kier alpha value is -2.60. The van der Waals surface area contributed by atoms with Crippen LogP contribution in [0, 0.1) is 0 Å². The van der Waals surface area contributed by atoms with Gasteiger partial charge in [-0.3, -0.25) is 0 Å². The number of hydrogen-bond donors (Lipinski definition) is 0. The first-order valence-electron chi connectivity index (χ1n) is 10.8. The van der Waals surface area contributed by atoms with Gasteiger partial charge in [0.05, 0.1) is 0 Å². The van der Waals surface area contributed by atoms with Gasteiger partial charge in [0.15, 0.2) is 0 Å². The zero-order valence-electron chi connectivity index (χ0n) is 19.7. The number of nitrogens with zero attached hydrogens (tertiary/aromatic N) is 1. The molecule has 0 amide bonds. The molecule has 3 rings (SSSR count). The third kappa shape index (κ3) is 5.80. The fraction of sp³-hybridized carbons (Fsp3) is 0.259. The van der Waals surface area contributed by atoms with E-state index in [9.17, 15) is 9.59 Å². The molecule has 0 spiro atoms. The Labute approximate surface area is 194 Å². The molecule has 0 bridgehead atoms. The van der Waals surface area contributed by atoms with Crippen molar-refractivity contribution < 1.29 is 14.3 Å². The minimum absolute atomic E-state index is 0.0674. The number of carbonyl (C=O) groups is 2. The number of rotatable bonds is 5. The van der Waals surface area contributed by atoms with Crippen molar-refractivity contribution in [2.24, 2.45) is 0 Å². The summed E-state index contributed by atoms with van der Waals surface area (Å²) in [7, 11) is 0. The van der Waals surface area contributed by atoms with Gasteiger partial charge in [-0.25, -0.2) is 0 Å². The molecule has 166 valence electrons. The molecule has 0 aliphatic rings. The Balaban J connectivity index is 2.23. The molecule has 32 heavy (non-hydrogen) atoms. The first-order valence-corrected chi connectivity index (χ1v) is 20.8. The van der Waals surface area contributed by atoms with Crippen molar-refractivity contribution in [1.82, 2.24) is 4.57 Å². The van der Waals surface area contributed by atoms with Gasteiger partial charge in [0, 0.05) is 0 Å². The summed E-state index contributed by atoms with van der Waals surface area (Å²) in [4.78, 5) is 33.5. The molecule has 0 radical (unpaired) electrons. The molecular weight excluding hydrogens is 505 g/mol. The summed E-state index contributed by atoms with van der Waals surface area (Å²) in [6.45, 7) is 5.54. The molecule has 1 aromatic heterocycles. The van der Waals surface area contributed by atoms with Gasteiger partial charge in [-0.1, -0.05) is 0 Å². The van der Waals surface area contributed by atoms with Crippen LogP contribution in [-0.2, 0) is 4.74 Å². The van der Waals surface area contributed by atoms with Crippen molar-refractivity contribution in [2.75, 3.05) is 0 Å². The average Bonchev–Trinajstić information content (AvgIpc) is 3.12. The number of benzene rings is 2. The number of ether oxygens (including phenoxy) is 1. The second kappa shape index (κ2) is 9.49. The van der Waals surface area contributed by atoms with E-state index in [4.69, 9.17) is 4.74 Å². The van der Waals surface area contributed by atoms with E-state index < -0.39 is 30.1 Å². The van der Waals surface area contributed by atoms with Crippen LogP contribution in [-0.4, -0.2) is 40.4 Å². The van der Waals surface area contributed by atoms with Crippen LogP contribution >= 0.6 is 0 Å². The molecule has 0 atom stereocenters. The summed E-state index contributed by atoms with van der Waals surface area (Å²) in [5.41, 5.74) is 2.35. The zero-order valence-corrected chi connectivity index (χ0v) is 22.5. The molecule has 0 saturated carbocycles. The predicted molar refractivity (Wildman–Crippen MR) is 134 cm³/mol. The summed E-state index contributed by atoms with van der Waals surface area (Å²) >= 11 is -2.99. The van der Waals surface area contributed by atoms with Crippen LogP contribution in [0.4, 0.5) is 4.79 Å². The summed E-state index contributed by atoms with van der Waals surface area (Å²) in [6, 6.07) is 19.2. The molecule has 0 N–H and O–H groups in total. The van der Waals surface area contributed by atoms with E-state index in [1.54, 1.807) is 10.8 Å². The van der Waals surface area contributed by atoms with Crippen LogP contribution in [0.1, 0.15) is 47.8 Å². The van der Waals surface area contributed by atoms with Gasteiger partial charge in [0.25, 0.3) is 0 Å². The van der Waals surface area contributed by atoms with Crippen molar-refractivity contribution in [3.8, 4) is 0 Å². The van der Waals surface area contributed by atoms with Crippen molar-refractivity contribution in [1.29, 1.82) is 0 Å². The van der Waals surface area contributed by atoms with Gasteiger partial charge in [0.1, 0.15) is 0 Å². The van der Waals surface area contributed by atoms with E-state index in [-0.39, 0.29) is 5.78 Å². The van der Waals surface area contributed by atoms with Gasteiger partial charge in [-0.15, -0.1) is 0 Å². The molecule has 0 unspecified atom stereocenters. The Bertz CT molecular complexity index is 1130. The molecule has 1 heterocycles. The maximum atomic E-state index is 13.7. The topological polar surface area (TPSA) is 48.3 Å². The maximum absolute atomic E-state index is 13.7. The van der Waals surface area contributed by atoms with Crippen molar-refractivity contribution in [2.45, 2.75) is 41.2 Å². The standard InChI is InChI=1S/C24H22NO3.3CH3.Sn/c1-24(2,3)28-23(27)25-16-20(15-14-18-10-6-4-7-11-18)21(17-25)22(26)19-12-8-5-9-13-19;;;;/h4-16H,1-3H3;3*1H3;/b15-14+;;;;. The molecule has 0 aliphatic carbocycles. The van der Waals surface area contributed by atoms with E-state index in [2.05, 4.69) is 14.8 Å². The van der Waals surface area contributed by atoms with Crippen LogP contribution in [0.3, 0.4) is 0 Å².